The third-order valence-electron chi connectivity index (χ3n) is 3.54. The molecular weight excluding hydrogens is 306 g/mol. The SMILES string of the molecule is Cn1cc(Cn2cc(NC3CCCC3)cn2)c(Br)n1. The number of rotatable bonds is 4. The zero-order valence-corrected chi connectivity index (χ0v) is 12.6. The van der Waals surface area contributed by atoms with Gasteiger partial charge in [0, 0.05) is 31.0 Å². The summed E-state index contributed by atoms with van der Waals surface area (Å²) in [7, 11) is 1.92. The zero-order valence-electron chi connectivity index (χ0n) is 11.0. The van der Waals surface area contributed by atoms with Crippen molar-refractivity contribution < 1.29 is 0 Å². The number of halogens is 1. The van der Waals surface area contributed by atoms with Crippen LogP contribution in [0.3, 0.4) is 0 Å². The van der Waals surface area contributed by atoms with Crippen LogP contribution < -0.4 is 5.32 Å². The van der Waals surface area contributed by atoms with Crippen LogP contribution in [0.25, 0.3) is 0 Å². The largest absolute Gasteiger partial charge is 0.380 e. The fourth-order valence-corrected chi connectivity index (χ4v) is 3.10. The first-order chi connectivity index (χ1) is 9.20. The van der Waals surface area contributed by atoms with E-state index in [1.165, 1.54) is 25.7 Å². The quantitative estimate of drug-likeness (QED) is 0.941. The predicted octanol–water partition coefficient (Wildman–Crippen LogP) is 2.78. The van der Waals surface area contributed by atoms with E-state index >= 15 is 0 Å². The normalized spacial score (nSPS) is 16.1. The third kappa shape index (κ3) is 3.00. The maximum atomic E-state index is 4.40. The lowest BCUT2D eigenvalue weighted by Crippen LogP contribution is -2.13. The Morgan fingerprint density at radius 1 is 1.37 bits per heavy atom. The first-order valence-corrected chi connectivity index (χ1v) is 7.47. The minimum Gasteiger partial charge on any atom is -0.380 e. The van der Waals surface area contributed by atoms with Gasteiger partial charge in [0.1, 0.15) is 4.60 Å². The average Bonchev–Trinajstić information content (AvgIpc) is 3.05. The lowest BCUT2D eigenvalue weighted by atomic mass is 10.2. The summed E-state index contributed by atoms with van der Waals surface area (Å²) in [6.07, 6.45) is 11.2. The molecule has 1 aliphatic rings. The number of nitrogens with one attached hydrogen (secondary N) is 1. The second kappa shape index (κ2) is 5.36. The molecule has 0 aliphatic heterocycles. The lowest BCUT2D eigenvalue weighted by molar-refractivity contribution is 0.684. The van der Waals surface area contributed by atoms with Gasteiger partial charge in [0.25, 0.3) is 0 Å². The molecule has 1 fully saturated rings. The molecule has 0 unspecified atom stereocenters. The van der Waals surface area contributed by atoms with E-state index in [1.807, 2.05) is 24.1 Å². The molecule has 0 spiro atoms. The van der Waals surface area contributed by atoms with Gasteiger partial charge in [-0.15, -0.1) is 0 Å². The summed E-state index contributed by atoms with van der Waals surface area (Å²) in [4.78, 5) is 0. The number of hydrogen-bond donors (Lipinski definition) is 1. The van der Waals surface area contributed by atoms with Crippen LogP contribution in [0.4, 0.5) is 5.69 Å². The summed E-state index contributed by atoms with van der Waals surface area (Å²) < 4.78 is 4.63. The second-order valence-electron chi connectivity index (χ2n) is 5.17. The summed E-state index contributed by atoms with van der Waals surface area (Å²) in [5, 5.41) is 12.2. The van der Waals surface area contributed by atoms with E-state index in [0.717, 1.165) is 22.4 Å². The Morgan fingerprint density at radius 2 is 2.16 bits per heavy atom. The molecule has 0 atom stereocenters. The molecule has 1 aliphatic carbocycles. The van der Waals surface area contributed by atoms with E-state index in [4.69, 9.17) is 0 Å². The van der Waals surface area contributed by atoms with E-state index in [-0.39, 0.29) is 0 Å². The number of anilines is 1. The van der Waals surface area contributed by atoms with E-state index < -0.39 is 0 Å². The molecule has 3 rings (SSSR count). The van der Waals surface area contributed by atoms with Gasteiger partial charge in [-0.3, -0.25) is 9.36 Å². The molecule has 2 aromatic heterocycles. The van der Waals surface area contributed by atoms with Gasteiger partial charge in [0.15, 0.2) is 0 Å². The van der Waals surface area contributed by atoms with Crippen molar-refractivity contribution in [2.45, 2.75) is 38.3 Å². The highest BCUT2D eigenvalue weighted by Gasteiger charge is 2.15. The van der Waals surface area contributed by atoms with E-state index in [9.17, 15) is 0 Å². The van der Waals surface area contributed by atoms with Crippen molar-refractivity contribution in [3.63, 3.8) is 0 Å². The Balaban J connectivity index is 1.65. The molecule has 2 heterocycles. The minimum atomic E-state index is 0.628. The molecule has 0 radical (unpaired) electrons. The van der Waals surface area contributed by atoms with Crippen molar-refractivity contribution in [3.8, 4) is 0 Å². The number of hydrogen-bond acceptors (Lipinski definition) is 3. The first kappa shape index (κ1) is 12.7. The standard InChI is InChI=1S/C13H18BrN5/c1-18-7-10(13(14)17-18)8-19-9-12(6-15-19)16-11-4-2-3-5-11/h6-7,9,11,16H,2-5,8H2,1H3. The van der Waals surface area contributed by atoms with Crippen LogP contribution in [-0.4, -0.2) is 25.6 Å². The van der Waals surface area contributed by atoms with Crippen LogP contribution in [0.5, 0.6) is 0 Å². The lowest BCUT2D eigenvalue weighted by Gasteiger charge is -2.10. The fraction of sp³-hybridized carbons (Fsp3) is 0.538. The Kier molecular flexibility index (Phi) is 3.59. The highest BCUT2D eigenvalue weighted by Crippen LogP contribution is 2.22. The fourth-order valence-electron chi connectivity index (χ4n) is 2.62. The minimum absolute atomic E-state index is 0.628. The maximum Gasteiger partial charge on any atom is 0.133 e. The van der Waals surface area contributed by atoms with Crippen LogP contribution in [0.15, 0.2) is 23.2 Å². The number of aryl methyl sites for hydroxylation is 1. The highest BCUT2D eigenvalue weighted by atomic mass is 79.9. The summed E-state index contributed by atoms with van der Waals surface area (Å²) >= 11 is 3.46. The molecule has 6 heteroatoms. The third-order valence-corrected chi connectivity index (χ3v) is 4.21. The molecule has 1 saturated carbocycles. The highest BCUT2D eigenvalue weighted by molar-refractivity contribution is 9.10. The van der Waals surface area contributed by atoms with E-state index in [1.54, 1.807) is 4.68 Å². The van der Waals surface area contributed by atoms with Crippen LogP contribution in [-0.2, 0) is 13.6 Å². The van der Waals surface area contributed by atoms with Crippen molar-refractivity contribution >= 4 is 21.6 Å². The van der Waals surface area contributed by atoms with Crippen LogP contribution >= 0.6 is 15.9 Å². The zero-order chi connectivity index (χ0) is 13.2. The number of nitrogens with zero attached hydrogens (tertiary/aromatic N) is 4. The monoisotopic (exact) mass is 323 g/mol. The summed E-state index contributed by atoms with van der Waals surface area (Å²) in [5.74, 6) is 0. The maximum absolute atomic E-state index is 4.40. The molecule has 19 heavy (non-hydrogen) atoms. The van der Waals surface area contributed by atoms with E-state index in [0.29, 0.717) is 6.04 Å². The Morgan fingerprint density at radius 3 is 2.84 bits per heavy atom. The summed E-state index contributed by atoms with van der Waals surface area (Å²) in [6, 6.07) is 0.628. The van der Waals surface area contributed by atoms with Gasteiger partial charge in [-0.25, -0.2) is 0 Å². The van der Waals surface area contributed by atoms with Crippen molar-refractivity contribution in [1.29, 1.82) is 0 Å². The molecule has 102 valence electrons. The van der Waals surface area contributed by atoms with Crippen molar-refractivity contribution in [2.24, 2.45) is 7.05 Å². The van der Waals surface area contributed by atoms with Crippen molar-refractivity contribution in [2.75, 3.05) is 5.32 Å². The molecule has 0 amide bonds. The molecule has 0 saturated heterocycles. The molecule has 1 N–H and O–H groups in total. The smallest absolute Gasteiger partial charge is 0.133 e. The van der Waals surface area contributed by atoms with Crippen molar-refractivity contribution in [3.05, 3.63) is 28.8 Å². The molecule has 5 nitrogen and oxygen atoms in total. The molecule has 2 aromatic rings. The Bertz CT molecular complexity index is 553. The topological polar surface area (TPSA) is 47.7 Å². The molecule has 0 aromatic carbocycles. The van der Waals surface area contributed by atoms with Crippen molar-refractivity contribution in [1.82, 2.24) is 19.6 Å². The van der Waals surface area contributed by atoms with Gasteiger partial charge < -0.3 is 5.32 Å². The first-order valence-electron chi connectivity index (χ1n) is 6.68. The summed E-state index contributed by atoms with van der Waals surface area (Å²) in [5.41, 5.74) is 2.25. The van der Waals surface area contributed by atoms with Gasteiger partial charge in [0.05, 0.1) is 18.4 Å². The van der Waals surface area contributed by atoms with Crippen LogP contribution in [0.2, 0.25) is 0 Å². The van der Waals surface area contributed by atoms with Gasteiger partial charge >= 0.3 is 0 Å². The Hall–Kier alpha value is -1.30. The number of aromatic nitrogens is 4. The van der Waals surface area contributed by atoms with Crippen LogP contribution in [0, 0.1) is 0 Å². The molecular formula is C13H18BrN5. The average molecular weight is 324 g/mol. The van der Waals surface area contributed by atoms with Crippen LogP contribution in [0.1, 0.15) is 31.2 Å². The van der Waals surface area contributed by atoms with Gasteiger partial charge in [-0.05, 0) is 28.8 Å². The second-order valence-corrected chi connectivity index (χ2v) is 5.92. The molecule has 0 bridgehead atoms. The van der Waals surface area contributed by atoms with Gasteiger partial charge in [0.2, 0.25) is 0 Å². The van der Waals surface area contributed by atoms with Gasteiger partial charge in [-0.1, -0.05) is 12.8 Å². The van der Waals surface area contributed by atoms with Gasteiger partial charge in [-0.2, -0.15) is 10.2 Å². The van der Waals surface area contributed by atoms with E-state index in [2.05, 4.69) is 37.6 Å². The summed E-state index contributed by atoms with van der Waals surface area (Å²) in [6.45, 7) is 0.737. The Labute approximate surface area is 121 Å². The predicted molar refractivity (Wildman–Crippen MR) is 78.1 cm³/mol.